The van der Waals surface area contributed by atoms with Crippen LogP contribution in [0.15, 0.2) is 0 Å². The maximum atomic E-state index is 10.3. The van der Waals surface area contributed by atoms with Gasteiger partial charge in [0.25, 0.3) is 0 Å². The minimum atomic E-state index is -0.744. The fourth-order valence-corrected chi connectivity index (χ4v) is 2.08. The van der Waals surface area contributed by atoms with E-state index in [0.717, 1.165) is 25.7 Å². The Bertz CT molecular complexity index is 148. The summed E-state index contributed by atoms with van der Waals surface area (Å²) in [5.74, 6) is 0. The second-order valence-electron chi connectivity index (χ2n) is 4.52. The minimum Gasteiger partial charge on any atom is -0.396 e. The van der Waals surface area contributed by atoms with E-state index in [9.17, 15) is 10.2 Å². The van der Waals surface area contributed by atoms with Crippen molar-refractivity contribution in [2.24, 2.45) is 5.41 Å². The van der Waals surface area contributed by atoms with Crippen LogP contribution in [0.1, 0.15) is 59.8 Å². The summed E-state index contributed by atoms with van der Waals surface area (Å²) in [6.07, 6.45) is 4.64. The van der Waals surface area contributed by atoms with Gasteiger partial charge in [-0.25, -0.2) is 0 Å². The normalized spacial score (nSPS) is 20.1. The van der Waals surface area contributed by atoms with Gasteiger partial charge in [-0.3, -0.25) is 0 Å². The molecule has 0 spiro atoms. The van der Waals surface area contributed by atoms with Gasteiger partial charge in [-0.1, -0.05) is 33.6 Å². The van der Waals surface area contributed by atoms with Gasteiger partial charge in [0.15, 0.2) is 0 Å². The van der Waals surface area contributed by atoms with Crippen molar-refractivity contribution in [2.75, 3.05) is 6.61 Å². The monoisotopic (exact) mass is 202 g/mol. The van der Waals surface area contributed by atoms with Gasteiger partial charge >= 0.3 is 0 Å². The lowest BCUT2D eigenvalue weighted by Gasteiger charge is -2.43. The second-order valence-corrected chi connectivity index (χ2v) is 4.52. The van der Waals surface area contributed by atoms with E-state index in [0.29, 0.717) is 6.42 Å². The van der Waals surface area contributed by atoms with Gasteiger partial charge in [0.2, 0.25) is 0 Å². The number of hydrogen-bond donors (Lipinski definition) is 2. The van der Waals surface area contributed by atoms with E-state index in [4.69, 9.17) is 0 Å². The first-order chi connectivity index (χ1) is 6.49. The molecular weight excluding hydrogens is 176 g/mol. The van der Waals surface area contributed by atoms with Crippen LogP contribution in [0, 0.1) is 5.41 Å². The summed E-state index contributed by atoms with van der Waals surface area (Å²) in [4.78, 5) is 0. The van der Waals surface area contributed by atoms with Crippen LogP contribution >= 0.6 is 0 Å². The minimum absolute atomic E-state index is 0.0876. The third-order valence-electron chi connectivity index (χ3n) is 3.82. The molecule has 0 saturated carbocycles. The highest BCUT2D eigenvalue weighted by Crippen LogP contribution is 2.41. The summed E-state index contributed by atoms with van der Waals surface area (Å²) >= 11 is 0. The molecule has 2 atom stereocenters. The van der Waals surface area contributed by atoms with Crippen LogP contribution < -0.4 is 0 Å². The highest BCUT2D eigenvalue weighted by molar-refractivity contribution is 4.93. The Balaban J connectivity index is 4.67. The van der Waals surface area contributed by atoms with Gasteiger partial charge in [-0.05, 0) is 26.2 Å². The Kier molecular flexibility index (Phi) is 5.68. The van der Waals surface area contributed by atoms with Crippen LogP contribution in [0.5, 0.6) is 0 Å². The largest absolute Gasteiger partial charge is 0.396 e. The Morgan fingerprint density at radius 1 is 1.07 bits per heavy atom. The predicted molar refractivity (Wildman–Crippen MR) is 60.2 cm³/mol. The summed E-state index contributed by atoms with van der Waals surface area (Å²) in [5, 5.41) is 19.8. The van der Waals surface area contributed by atoms with Gasteiger partial charge < -0.3 is 10.2 Å². The van der Waals surface area contributed by atoms with E-state index in [1.54, 1.807) is 0 Å². The number of aliphatic hydroxyl groups is 2. The van der Waals surface area contributed by atoms with Crippen LogP contribution in [0.25, 0.3) is 0 Å². The molecule has 0 aliphatic carbocycles. The quantitative estimate of drug-likeness (QED) is 0.666. The van der Waals surface area contributed by atoms with Crippen molar-refractivity contribution in [2.45, 2.75) is 65.4 Å². The molecule has 0 bridgehead atoms. The molecule has 2 N–H and O–H groups in total. The molecule has 14 heavy (non-hydrogen) atoms. The lowest BCUT2D eigenvalue weighted by Crippen LogP contribution is -2.47. The van der Waals surface area contributed by atoms with Gasteiger partial charge in [-0.2, -0.15) is 0 Å². The molecule has 0 heterocycles. The molecule has 86 valence electrons. The molecule has 0 aromatic rings. The van der Waals surface area contributed by atoms with Crippen LogP contribution in [0.2, 0.25) is 0 Å². The molecule has 0 saturated heterocycles. The van der Waals surface area contributed by atoms with Crippen molar-refractivity contribution in [1.82, 2.24) is 0 Å². The van der Waals surface area contributed by atoms with Crippen molar-refractivity contribution < 1.29 is 10.2 Å². The summed E-state index contributed by atoms with van der Waals surface area (Å²) in [6.45, 7) is 8.10. The Morgan fingerprint density at radius 3 is 1.93 bits per heavy atom. The predicted octanol–water partition coefficient (Wildman–Crippen LogP) is 2.73. The number of rotatable bonds is 7. The summed E-state index contributed by atoms with van der Waals surface area (Å²) in [6, 6.07) is 0. The molecule has 0 aliphatic heterocycles. The van der Waals surface area contributed by atoms with Crippen LogP contribution in [0.3, 0.4) is 0 Å². The van der Waals surface area contributed by atoms with Crippen LogP contribution in [-0.2, 0) is 0 Å². The molecule has 2 heteroatoms. The van der Waals surface area contributed by atoms with E-state index in [-0.39, 0.29) is 12.0 Å². The first-order valence-corrected chi connectivity index (χ1v) is 5.83. The number of hydrogen-bond acceptors (Lipinski definition) is 2. The molecule has 0 aromatic carbocycles. The van der Waals surface area contributed by atoms with Gasteiger partial charge in [-0.15, -0.1) is 0 Å². The maximum Gasteiger partial charge on any atom is 0.0694 e. The lowest BCUT2D eigenvalue weighted by molar-refractivity contribution is -0.107. The standard InChI is InChI=1S/C12H26O2/c1-5-8-9-12(7-3,10-13)11(4,14)6-2/h13-14H,5-10H2,1-4H3. The highest BCUT2D eigenvalue weighted by Gasteiger charge is 2.43. The Morgan fingerprint density at radius 2 is 1.64 bits per heavy atom. The molecule has 0 rings (SSSR count). The number of unbranched alkanes of at least 4 members (excludes halogenated alkanes) is 1. The third-order valence-corrected chi connectivity index (χ3v) is 3.82. The number of aliphatic hydroxyl groups excluding tert-OH is 1. The zero-order chi connectivity index (χ0) is 11.2. The molecule has 2 nitrogen and oxygen atoms in total. The second kappa shape index (κ2) is 5.72. The van der Waals surface area contributed by atoms with Crippen molar-refractivity contribution in [3.05, 3.63) is 0 Å². The summed E-state index contributed by atoms with van der Waals surface area (Å²) < 4.78 is 0. The van der Waals surface area contributed by atoms with Gasteiger partial charge in [0, 0.05) is 5.41 Å². The van der Waals surface area contributed by atoms with Gasteiger partial charge in [0.1, 0.15) is 0 Å². The van der Waals surface area contributed by atoms with Crippen molar-refractivity contribution in [3.63, 3.8) is 0 Å². The Hall–Kier alpha value is -0.0800. The average molecular weight is 202 g/mol. The zero-order valence-corrected chi connectivity index (χ0v) is 10.1. The first-order valence-electron chi connectivity index (χ1n) is 5.83. The summed E-state index contributed by atoms with van der Waals surface area (Å²) in [7, 11) is 0. The average Bonchev–Trinajstić information content (AvgIpc) is 2.20. The van der Waals surface area contributed by atoms with E-state index in [1.165, 1.54) is 0 Å². The van der Waals surface area contributed by atoms with Gasteiger partial charge in [0.05, 0.1) is 12.2 Å². The molecule has 0 radical (unpaired) electrons. The molecule has 0 aliphatic rings. The third kappa shape index (κ3) is 2.71. The fourth-order valence-electron chi connectivity index (χ4n) is 2.08. The van der Waals surface area contributed by atoms with Crippen molar-refractivity contribution in [3.8, 4) is 0 Å². The molecular formula is C12H26O2. The first kappa shape index (κ1) is 13.9. The maximum absolute atomic E-state index is 10.3. The Labute approximate surface area is 88.3 Å². The van der Waals surface area contributed by atoms with Crippen molar-refractivity contribution >= 4 is 0 Å². The SMILES string of the molecule is CCCCC(CC)(CO)C(C)(O)CC. The van der Waals surface area contributed by atoms with E-state index < -0.39 is 5.60 Å². The lowest BCUT2D eigenvalue weighted by atomic mass is 9.67. The topological polar surface area (TPSA) is 40.5 Å². The van der Waals surface area contributed by atoms with Crippen LogP contribution in [-0.4, -0.2) is 22.4 Å². The van der Waals surface area contributed by atoms with Crippen LogP contribution in [0.4, 0.5) is 0 Å². The van der Waals surface area contributed by atoms with E-state index >= 15 is 0 Å². The van der Waals surface area contributed by atoms with E-state index in [1.807, 2.05) is 13.8 Å². The smallest absolute Gasteiger partial charge is 0.0694 e. The molecule has 0 fully saturated rings. The molecule has 0 aromatic heterocycles. The molecule has 2 unspecified atom stereocenters. The van der Waals surface area contributed by atoms with E-state index in [2.05, 4.69) is 13.8 Å². The highest BCUT2D eigenvalue weighted by atomic mass is 16.3. The zero-order valence-electron chi connectivity index (χ0n) is 10.1. The fraction of sp³-hybridized carbons (Fsp3) is 1.00. The molecule has 0 amide bonds. The summed E-state index contributed by atoms with van der Waals surface area (Å²) in [5.41, 5.74) is -1.05. The van der Waals surface area contributed by atoms with Crippen molar-refractivity contribution in [1.29, 1.82) is 0 Å².